The van der Waals surface area contributed by atoms with Gasteiger partial charge in [-0.25, -0.2) is 28.7 Å². The van der Waals surface area contributed by atoms with Gasteiger partial charge in [0.2, 0.25) is 0 Å². The molecule has 1 fully saturated rings. The van der Waals surface area contributed by atoms with Gasteiger partial charge < -0.3 is 18.9 Å². The van der Waals surface area contributed by atoms with Gasteiger partial charge in [-0.3, -0.25) is 14.2 Å². The van der Waals surface area contributed by atoms with Crippen molar-refractivity contribution in [3.8, 4) is 0 Å². The van der Waals surface area contributed by atoms with Crippen molar-refractivity contribution in [3.05, 3.63) is 119 Å². The van der Waals surface area contributed by atoms with E-state index >= 15 is 4.39 Å². The van der Waals surface area contributed by atoms with E-state index in [2.05, 4.69) is 4.98 Å². The smallest absolute Gasteiger partial charge is 0.361 e. The first-order chi connectivity index (χ1) is 22.9. The maximum absolute atomic E-state index is 16.6. The summed E-state index contributed by atoms with van der Waals surface area (Å²) in [5.74, 6) is -4.55. The van der Waals surface area contributed by atoms with E-state index in [-0.39, 0.29) is 22.3 Å². The molecule has 0 N–H and O–H groups in total. The molecule has 0 unspecified atom stereocenters. The van der Waals surface area contributed by atoms with Crippen molar-refractivity contribution in [2.75, 3.05) is 11.5 Å². The maximum atomic E-state index is 16.6. The molecular weight excluding hydrogens is 625 g/mol. The Balaban J connectivity index is 1.38. The van der Waals surface area contributed by atoms with Crippen molar-refractivity contribution in [1.82, 2.24) is 9.55 Å². The van der Waals surface area contributed by atoms with E-state index in [4.69, 9.17) is 18.9 Å². The number of ether oxygens (including phenoxy) is 4. The first-order valence-corrected chi connectivity index (χ1v) is 15.0. The second-order valence-corrected chi connectivity index (χ2v) is 12.0. The van der Waals surface area contributed by atoms with E-state index in [0.29, 0.717) is 4.90 Å². The second-order valence-electron chi connectivity index (χ2n) is 12.0. The van der Waals surface area contributed by atoms with Gasteiger partial charge in [-0.2, -0.15) is 0 Å². The number of carbonyl (C=O) groups is 5. The minimum absolute atomic E-state index is 0.0647. The van der Waals surface area contributed by atoms with Crippen LogP contribution in [-0.4, -0.2) is 69.9 Å². The lowest BCUT2D eigenvalue weighted by molar-refractivity contribution is -0.0575. The molecule has 0 saturated carbocycles. The summed E-state index contributed by atoms with van der Waals surface area (Å²) in [6, 6.07) is 22.0. The van der Waals surface area contributed by atoms with Crippen LogP contribution in [0.4, 0.5) is 10.2 Å². The average Bonchev–Trinajstić information content (AvgIpc) is 3.71. The lowest BCUT2D eigenvalue weighted by Crippen LogP contribution is -2.37. The standard InChI is InChI=1S/C35H30FN3O9/c1-35(2,3)48-34(44)26-28(39-29(40)22-16-10-11-17-23(22)30(39)41)38(19-37-26)31-25(36)27(47-33(43)21-14-8-5-9-15-21)24(46-31)18-45-32(42)20-12-6-4-7-13-20/h4-17,19,24-25,27,31H,18H2,1-3H3/t24-,25-,27-,31-/m1/s1. The van der Waals surface area contributed by atoms with Crippen LogP contribution in [-0.2, 0) is 18.9 Å². The number of amides is 2. The van der Waals surface area contributed by atoms with E-state index in [1.54, 1.807) is 69.3 Å². The minimum Gasteiger partial charge on any atom is -0.459 e. The summed E-state index contributed by atoms with van der Waals surface area (Å²) in [6.07, 6.45) is -5.82. The van der Waals surface area contributed by atoms with Gasteiger partial charge in [-0.1, -0.05) is 48.5 Å². The molecular formula is C35H30FN3O9. The van der Waals surface area contributed by atoms with Gasteiger partial charge in [0, 0.05) is 0 Å². The Morgan fingerprint density at radius 2 is 1.35 bits per heavy atom. The number of nitrogens with zero attached hydrogens (tertiary/aromatic N) is 3. The van der Waals surface area contributed by atoms with Gasteiger partial charge in [0.05, 0.1) is 28.6 Å². The van der Waals surface area contributed by atoms with Crippen molar-refractivity contribution in [2.24, 2.45) is 0 Å². The topological polar surface area (TPSA) is 143 Å². The third-order valence-corrected chi connectivity index (χ3v) is 7.55. The van der Waals surface area contributed by atoms with Crippen molar-refractivity contribution in [2.45, 2.75) is 51.0 Å². The number of alkyl halides is 1. The van der Waals surface area contributed by atoms with E-state index in [1.165, 1.54) is 36.4 Å². The quantitative estimate of drug-likeness (QED) is 0.145. The first-order valence-electron chi connectivity index (χ1n) is 15.0. The summed E-state index contributed by atoms with van der Waals surface area (Å²) >= 11 is 0. The molecule has 0 bridgehead atoms. The SMILES string of the molecule is CC(C)(C)OC(=O)c1ncn([C@@H]2O[C@H](COC(=O)c3ccccc3)[C@@H](OC(=O)c3ccccc3)[C@H]2F)c1N1C(=O)c2ccccc2C1=O. The largest absolute Gasteiger partial charge is 0.459 e. The van der Waals surface area contributed by atoms with Gasteiger partial charge in [-0.05, 0) is 57.2 Å². The number of benzene rings is 3. The van der Waals surface area contributed by atoms with Gasteiger partial charge in [0.1, 0.15) is 18.3 Å². The Bertz CT molecular complexity index is 1850. The molecule has 6 rings (SSSR count). The fourth-order valence-electron chi connectivity index (χ4n) is 5.39. The number of fused-ring (bicyclic) bond motifs is 1. The number of rotatable bonds is 8. The summed E-state index contributed by atoms with van der Waals surface area (Å²) in [4.78, 5) is 71.3. The Kier molecular flexibility index (Phi) is 8.63. The Labute approximate surface area is 274 Å². The van der Waals surface area contributed by atoms with Crippen molar-refractivity contribution in [3.63, 3.8) is 0 Å². The predicted molar refractivity (Wildman–Crippen MR) is 166 cm³/mol. The van der Waals surface area contributed by atoms with Crippen molar-refractivity contribution >= 4 is 35.5 Å². The molecule has 0 spiro atoms. The summed E-state index contributed by atoms with van der Waals surface area (Å²) in [5, 5.41) is 0. The molecule has 13 heteroatoms. The molecule has 2 aliphatic heterocycles. The second kappa shape index (κ2) is 12.8. The number of hydrogen-bond donors (Lipinski definition) is 0. The monoisotopic (exact) mass is 655 g/mol. The van der Waals surface area contributed by atoms with Crippen molar-refractivity contribution < 1.29 is 47.3 Å². The summed E-state index contributed by atoms with van der Waals surface area (Å²) < 4.78 is 40.2. The molecule has 4 aromatic rings. The Morgan fingerprint density at radius 3 is 1.92 bits per heavy atom. The Morgan fingerprint density at radius 1 is 0.812 bits per heavy atom. The molecule has 2 aliphatic rings. The Hall–Kier alpha value is -5.69. The third kappa shape index (κ3) is 6.19. The highest BCUT2D eigenvalue weighted by Crippen LogP contribution is 2.40. The number of imide groups is 1. The highest BCUT2D eigenvalue weighted by atomic mass is 19.1. The lowest BCUT2D eigenvalue weighted by Gasteiger charge is -2.24. The first kappa shape index (κ1) is 32.3. The zero-order valence-corrected chi connectivity index (χ0v) is 26.1. The van der Waals surface area contributed by atoms with Gasteiger partial charge >= 0.3 is 17.9 Å². The predicted octanol–water partition coefficient (Wildman–Crippen LogP) is 4.96. The highest BCUT2D eigenvalue weighted by Gasteiger charge is 2.52. The molecule has 12 nitrogen and oxygen atoms in total. The summed E-state index contributed by atoms with van der Waals surface area (Å²) in [6.45, 7) is 4.32. The van der Waals surface area contributed by atoms with E-state index < -0.39 is 78.0 Å². The van der Waals surface area contributed by atoms with Crippen LogP contribution < -0.4 is 4.90 Å². The molecule has 2 amide bonds. The molecule has 1 saturated heterocycles. The molecule has 3 aromatic carbocycles. The van der Waals surface area contributed by atoms with Crippen LogP contribution in [0.25, 0.3) is 0 Å². The number of esters is 3. The van der Waals surface area contributed by atoms with Crippen LogP contribution in [0.3, 0.4) is 0 Å². The molecule has 48 heavy (non-hydrogen) atoms. The molecule has 3 heterocycles. The molecule has 0 radical (unpaired) electrons. The number of imidazole rings is 1. The van der Waals surface area contributed by atoms with E-state index in [1.807, 2.05) is 0 Å². The zero-order chi connectivity index (χ0) is 34.2. The number of hydrogen-bond acceptors (Lipinski definition) is 10. The molecule has 4 atom stereocenters. The van der Waals surface area contributed by atoms with Crippen LogP contribution in [0.15, 0.2) is 91.3 Å². The number of carbonyl (C=O) groups excluding carboxylic acids is 5. The lowest BCUT2D eigenvalue weighted by atomic mass is 10.1. The average molecular weight is 656 g/mol. The van der Waals surface area contributed by atoms with Crippen LogP contribution >= 0.6 is 0 Å². The van der Waals surface area contributed by atoms with Crippen LogP contribution in [0, 0.1) is 0 Å². The van der Waals surface area contributed by atoms with Crippen molar-refractivity contribution in [1.29, 1.82) is 0 Å². The highest BCUT2D eigenvalue weighted by molar-refractivity contribution is 6.35. The maximum Gasteiger partial charge on any atom is 0.361 e. The third-order valence-electron chi connectivity index (χ3n) is 7.55. The molecule has 246 valence electrons. The summed E-state index contributed by atoms with van der Waals surface area (Å²) in [7, 11) is 0. The van der Waals surface area contributed by atoms with Gasteiger partial charge in [-0.15, -0.1) is 0 Å². The zero-order valence-electron chi connectivity index (χ0n) is 26.1. The van der Waals surface area contributed by atoms with E-state index in [0.717, 1.165) is 10.9 Å². The number of anilines is 1. The van der Waals surface area contributed by atoms with Crippen LogP contribution in [0.2, 0.25) is 0 Å². The van der Waals surface area contributed by atoms with Crippen LogP contribution in [0.1, 0.15) is 78.9 Å². The minimum atomic E-state index is -2.16. The molecule has 0 aliphatic carbocycles. The fourth-order valence-corrected chi connectivity index (χ4v) is 5.39. The summed E-state index contributed by atoms with van der Waals surface area (Å²) in [5.41, 5.74) is -0.949. The number of aromatic nitrogens is 2. The number of halogens is 1. The fraction of sp³-hybridized carbons (Fsp3) is 0.257. The molecule has 1 aromatic heterocycles. The normalized spacial score (nSPS) is 20.4. The van der Waals surface area contributed by atoms with Gasteiger partial charge in [0.25, 0.3) is 11.8 Å². The van der Waals surface area contributed by atoms with E-state index in [9.17, 15) is 24.0 Å². The van der Waals surface area contributed by atoms with Gasteiger partial charge in [0.15, 0.2) is 30.0 Å². The van der Waals surface area contributed by atoms with Crippen LogP contribution in [0.5, 0.6) is 0 Å².